The molecular weight excluding hydrogens is 270 g/mol. The Morgan fingerprint density at radius 3 is 3.00 bits per heavy atom. The fraction of sp³-hybridized carbons (Fsp3) is 0.818. The maximum Gasteiger partial charge on any atom is 0.228 e. The Morgan fingerprint density at radius 1 is 1.28 bits per heavy atom. The maximum absolute atomic E-state index is 5.64. The van der Waals surface area contributed by atoms with Crippen LogP contribution in [0.5, 0.6) is 0 Å². The van der Waals surface area contributed by atoms with Gasteiger partial charge >= 0.3 is 0 Å². The SMILES string of the molecule is C1CSCC(Cc2nc(C3CSCCO3)no2)N1. The van der Waals surface area contributed by atoms with Crippen LogP contribution < -0.4 is 5.32 Å². The molecule has 7 heteroatoms. The highest BCUT2D eigenvalue weighted by Gasteiger charge is 2.23. The van der Waals surface area contributed by atoms with Crippen molar-refractivity contribution >= 4 is 23.5 Å². The van der Waals surface area contributed by atoms with Crippen molar-refractivity contribution in [2.75, 3.05) is 36.2 Å². The van der Waals surface area contributed by atoms with Crippen molar-refractivity contribution < 1.29 is 9.26 Å². The Morgan fingerprint density at radius 2 is 2.22 bits per heavy atom. The van der Waals surface area contributed by atoms with Crippen molar-refractivity contribution in [1.29, 1.82) is 0 Å². The zero-order valence-electron chi connectivity index (χ0n) is 10.1. The van der Waals surface area contributed by atoms with Crippen LogP contribution in [-0.4, -0.2) is 52.3 Å². The third kappa shape index (κ3) is 3.20. The molecule has 2 fully saturated rings. The Kier molecular flexibility index (Phi) is 4.45. The molecule has 2 unspecified atom stereocenters. The Bertz CT molecular complexity index is 376. The molecule has 0 aromatic carbocycles. The molecule has 0 bridgehead atoms. The minimum atomic E-state index is 0.00920. The van der Waals surface area contributed by atoms with Crippen LogP contribution in [-0.2, 0) is 11.2 Å². The molecule has 1 aromatic rings. The number of rotatable bonds is 3. The fourth-order valence-corrected chi connectivity index (χ4v) is 3.87. The fourth-order valence-electron chi connectivity index (χ4n) is 2.08. The van der Waals surface area contributed by atoms with Gasteiger partial charge in [-0.3, -0.25) is 0 Å². The summed E-state index contributed by atoms with van der Waals surface area (Å²) in [4.78, 5) is 4.46. The Labute approximate surface area is 115 Å². The van der Waals surface area contributed by atoms with Crippen molar-refractivity contribution in [3.8, 4) is 0 Å². The van der Waals surface area contributed by atoms with Crippen LogP contribution >= 0.6 is 23.5 Å². The third-order valence-corrected chi connectivity index (χ3v) is 5.13. The van der Waals surface area contributed by atoms with Crippen LogP contribution in [0.3, 0.4) is 0 Å². The smallest absolute Gasteiger partial charge is 0.228 e. The lowest BCUT2D eigenvalue weighted by atomic mass is 10.2. The van der Waals surface area contributed by atoms with Crippen LogP contribution in [0.15, 0.2) is 4.52 Å². The average molecular weight is 287 g/mol. The molecule has 0 saturated carbocycles. The summed E-state index contributed by atoms with van der Waals surface area (Å²) < 4.78 is 11.0. The second kappa shape index (κ2) is 6.27. The predicted molar refractivity (Wildman–Crippen MR) is 73.1 cm³/mol. The first kappa shape index (κ1) is 12.8. The summed E-state index contributed by atoms with van der Waals surface area (Å²) >= 11 is 3.86. The van der Waals surface area contributed by atoms with Gasteiger partial charge in [-0.05, 0) is 0 Å². The van der Waals surface area contributed by atoms with Crippen LogP contribution in [0.4, 0.5) is 0 Å². The van der Waals surface area contributed by atoms with Crippen LogP contribution in [0.2, 0.25) is 0 Å². The summed E-state index contributed by atoms with van der Waals surface area (Å²) in [5.74, 6) is 5.73. The van der Waals surface area contributed by atoms with Crippen molar-refractivity contribution in [3.05, 3.63) is 11.7 Å². The van der Waals surface area contributed by atoms with E-state index >= 15 is 0 Å². The van der Waals surface area contributed by atoms with E-state index in [9.17, 15) is 0 Å². The van der Waals surface area contributed by atoms with E-state index in [1.807, 2.05) is 23.5 Å². The second-order valence-electron chi connectivity index (χ2n) is 4.41. The molecule has 1 N–H and O–H groups in total. The zero-order chi connectivity index (χ0) is 12.2. The molecule has 18 heavy (non-hydrogen) atoms. The van der Waals surface area contributed by atoms with Crippen molar-refractivity contribution in [1.82, 2.24) is 15.5 Å². The van der Waals surface area contributed by atoms with E-state index < -0.39 is 0 Å². The van der Waals surface area contributed by atoms with E-state index in [1.165, 1.54) is 5.75 Å². The normalized spacial score (nSPS) is 29.3. The molecule has 2 aliphatic rings. The highest BCUT2D eigenvalue weighted by atomic mass is 32.2. The molecule has 3 rings (SSSR count). The van der Waals surface area contributed by atoms with Crippen LogP contribution in [0, 0.1) is 0 Å². The average Bonchev–Trinajstić information content (AvgIpc) is 2.89. The number of thioether (sulfide) groups is 2. The van der Waals surface area contributed by atoms with Crippen molar-refractivity contribution in [3.63, 3.8) is 0 Å². The monoisotopic (exact) mass is 287 g/mol. The number of hydrogen-bond donors (Lipinski definition) is 1. The first-order valence-electron chi connectivity index (χ1n) is 6.25. The molecule has 5 nitrogen and oxygen atoms in total. The molecular formula is C11H17N3O2S2. The van der Waals surface area contributed by atoms with Crippen LogP contribution in [0.1, 0.15) is 17.8 Å². The number of ether oxygens (including phenoxy) is 1. The molecule has 0 spiro atoms. The van der Waals surface area contributed by atoms with Gasteiger partial charge in [0.1, 0.15) is 6.10 Å². The molecule has 3 heterocycles. The molecule has 1 aromatic heterocycles. The van der Waals surface area contributed by atoms with E-state index in [0.29, 0.717) is 11.9 Å². The van der Waals surface area contributed by atoms with E-state index in [2.05, 4.69) is 15.5 Å². The van der Waals surface area contributed by atoms with E-state index in [4.69, 9.17) is 9.26 Å². The van der Waals surface area contributed by atoms with Gasteiger partial charge in [-0.15, -0.1) is 0 Å². The van der Waals surface area contributed by atoms with E-state index in [-0.39, 0.29) is 6.10 Å². The summed E-state index contributed by atoms with van der Waals surface area (Å²) in [6, 6.07) is 0.457. The van der Waals surface area contributed by atoms with Crippen molar-refractivity contribution in [2.24, 2.45) is 0 Å². The van der Waals surface area contributed by atoms with Gasteiger partial charge in [-0.2, -0.15) is 28.5 Å². The first-order valence-corrected chi connectivity index (χ1v) is 8.56. The zero-order valence-corrected chi connectivity index (χ0v) is 11.8. The standard InChI is InChI=1S/C11H17N3O2S2/c1-3-17-6-8(12-1)5-10-13-11(14-16-10)9-7-18-4-2-15-9/h8-9,12H,1-7H2. The summed E-state index contributed by atoms with van der Waals surface area (Å²) in [6.45, 7) is 1.85. The summed E-state index contributed by atoms with van der Waals surface area (Å²) in [6.07, 6.45) is 0.829. The number of nitrogens with zero attached hydrogens (tertiary/aromatic N) is 2. The minimum absolute atomic E-state index is 0.00920. The molecule has 2 aliphatic heterocycles. The van der Waals surface area contributed by atoms with Gasteiger partial charge in [0.05, 0.1) is 6.61 Å². The van der Waals surface area contributed by atoms with Gasteiger partial charge in [0.2, 0.25) is 11.7 Å². The number of aromatic nitrogens is 2. The highest BCUT2D eigenvalue weighted by Crippen LogP contribution is 2.24. The quantitative estimate of drug-likeness (QED) is 0.894. The molecule has 0 amide bonds. The molecule has 0 radical (unpaired) electrons. The predicted octanol–water partition coefficient (Wildman–Crippen LogP) is 1.12. The summed E-state index contributed by atoms with van der Waals surface area (Å²) in [7, 11) is 0. The van der Waals surface area contributed by atoms with Gasteiger partial charge < -0.3 is 14.6 Å². The van der Waals surface area contributed by atoms with Gasteiger partial charge in [0.15, 0.2) is 0 Å². The maximum atomic E-state index is 5.64. The van der Waals surface area contributed by atoms with Gasteiger partial charge in [-0.25, -0.2) is 0 Å². The molecule has 2 atom stereocenters. The van der Waals surface area contributed by atoms with Crippen molar-refractivity contribution in [2.45, 2.75) is 18.6 Å². The minimum Gasteiger partial charge on any atom is -0.368 e. The van der Waals surface area contributed by atoms with Gasteiger partial charge in [0.25, 0.3) is 0 Å². The molecule has 2 saturated heterocycles. The molecule has 0 aliphatic carbocycles. The lowest BCUT2D eigenvalue weighted by molar-refractivity contribution is 0.0677. The summed E-state index contributed by atoms with van der Waals surface area (Å²) in [5.41, 5.74) is 0. The highest BCUT2D eigenvalue weighted by molar-refractivity contribution is 7.99. The second-order valence-corrected chi connectivity index (χ2v) is 6.71. The molecule has 100 valence electrons. The Balaban J connectivity index is 1.58. The van der Waals surface area contributed by atoms with Gasteiger partial charge in [0, 0.05) is 42.0 Å². The number of nitrogens with one attached hydrogen (secondary N) is 1. The van der Waals surface area contributed by atoms with Crippen LogP contribution in [0.25, 0.3) is 0 Å². The topological polar surface area (TPSA) is 60.2 Å². The lowest BCUT2D eigenvalue weighted by Crippen LogP contribution is -2.38. The first-order chi connectivity index (χ1) is 8.92. The van der Waals surface area contributed by atoms with E-state index in [1.54, 1.807) is 0 Å². The van der Waals surface area contributed by atoms with Gasteiger partial charge in [-0.1, -0.05) is 5.16 Å². The lowest BCUT2D eigenvalue weighted by Gasteiger charge is -2.21. The largest absolute Gasteiger partial charge is 0.368 e. The summed E-state index contributed by atoms with van der Waals surface area (Å²) in [5, 5.41) is 7.52. The van der Waals surface area contributed by atoms with E-state index in [0.717, 1.165) is 42.7 Å². The Hall–Kier alpha value is -0.240. The third-order valence-electron chi connectivity index (χ3n) is 3.01. The number of hydrogen-bond acceptors (Lipinski definition) is 7.